The monoisotopic (exact) mass is 209 g/mol. The van der Waals surface area contributed by atoms with Gasteiger partial charge >= 0.3 is 0 Å². The topological polar surface area (TPSA) is 20.3 Å². The van der Waals surface area contributed by atoms with Crippen molar-refractivity contribution >= 4 is 5.91 Å². The van der Waals surface area contributed by atoms with Crippen molar-refractivity contribution in [2.75, 3.05) is 7.05 Å². The van der Waals surface area contributed by atoms with Crippen LogP contribution in [0.15, 0.2) is 0 Å². The molecule has 0 saturated heterocycles. The van der Waals surface area contributed by atoms with E-state index < -0.39 is 0 Å². The standard InChI is InChI=1S/C13H23NO/c1-9-4-6-11(7-5-9)14(3)13(15)12-8-10(12)2/h9-12H,4-8H2,1-3H3. The molecule has 86 valence electrons. The van der Waals surface area contributed by atoms with Gasteiger partial charge < -0.3 is 4.90 Å². The Morgan fingerprint density at radius 3 is 2.13 bits per heavy atom. The lowest BCUT2D eigenvalue weighted by Gasteiger charge is -2.33. The lowest BCUT2D eigenvalue weighted by molar-refractivity contribution is -0.134. The van der Waals surface area contributed by atoms with E-state index >= 15 is 0 Å². The molecule has 0 radical (unpaired) electrons. The first-order chi connectivity index (χ1) is 7.09. The van der Waals surface area contributed by atoms with E-state index in [0.29, 0.717) is 23.8 Å². The summed E-state index contributed by atoms with van der Waals surface area (Å²) < 4.78 is 0. The Morgan fingerprint density at radius 2 is 1.67 bits per heavy atom. The van der Waals surface area contributed by atoms with Gasteiger partial charge in [0.25, 0.3) is 0 Å². The molecule has 2 saturated carbocycles. The first kappa shape index (κ1) is 11.0. The summed E-state index contributed by atoms with van der Waals surface area (Å²) in [6, 6.07) is 0.529. The Balaban J connectivity index is 1.85. The average molecular weight is 209 g/mol. The van der Waals surface area contributed by atoms with Gasteiger partial charge in [0.15, 0.2) is 0 Å². The summed E-state index contributed by atoms with van der Waals surface area (Å²) in [7, 11) is 2.01. The van der Waals surface area contributed by atoms with Gasteiger partial charge in [-0.15, -0.1) is 0 Å². The second kappa shape index (κ2) is 4.15. The molecule has 0 aromatic heterocycles. The highest BCUT2D eigenvalue weighted by Gasteiger charge is 2.42. The molecule has 2 rings (SSSR count). The molecular weight excluding hydrogens is 186 g/mol. The van der Waals surface area contributed by atoms with Gasteiger partial charge in [-0.1, -0.05) is 13.8 Å². The Morgan fingerprint density at radius 1 is 1.13 bits per heavy atom. The molecule has 2 heteroatoms. The van der Waals surface area contributed by atoms with Crippen molar-refractivity contribution in [1.82, 2.24) is 4.90 Å². The first-order valence-electron chi connectivity index (χ1n) is 6.36. The van der Waals surface area contributed by atoms with Crippen LogP contribution in [-0.4, -0.2) is 23.9 Å². The summed E-state index contributed by atoms with van der Waals surface area (Å²) in [6.07, 6.45) is 6.13. The SMILES string of the molecule is CC1CCC(N(C)C(=O)C2CC2C)CC1. The fourth-order valence-electron chi connectivity index (χ4n) is 2.74. The summed E-state index contributed by atoms with van der Waals surface area (Å²) in [5.74, 6) is 2.27. The van der Waals surface area contributed by atoms with E-state index in [1.165, 1.54) is 25.7 Å². The maximum Gasteiger partial charge on any atom is 0.225 e. The number of hydrogen-bond donors (Lipinski definition) is 0. The summed E-state index contributed by atoms with van der Waals surface area (Å²) in [5, 5.41) is 0. The molecule has 0 aromatic rings. The van der Waals surface area contributed by atoms with Crippen LogP contribution in [0, 0.1) is 17.8 Å². The maximum absolute atomic E-state index is 12.0. The third kappa shape index (κ3) is 2.35. The number of nitrogens with zero attached hydrogens (tertiary/aromatic N) is 1. The number of carbonyl (C=O) groups is 1. The summed E-state index contributed by atoms with van der Waals surface area (Å²) in [4.78, 5) is 14.1. The van der Waals surface area contributed by atoms with Gasteiger partial charge in [-0.2, -0.15) is 0 Å². The van der Waals surface area contributed by atoms with Crippen LogP contribution in [0.2, 0.25) is 0 Å². The highest BCUT2D eigenvalue weighted by molar-refractivity contribution is 5.81. The van der Waals surface area contributed by atoms with Crippen LogP contribution in [0.3, 0.4) is 0 Å². The van der Waals surface area contributed by atoms with Gasteiger partial charge in [0, 0.05) is 19.0 Å². The van der Waals surface area contributed by atoms with E-state index in [4.69, 9.17) is 0 Å². The normalized spacial score (nSPS) is 39.9. The number of amides is 1. The lowest BCUT2D eigenvalue weighted by Crippen LogP contribution is -2.40. The largest absolute Gasteiger partial charge is 0.343 e. The van der Waals surface area contributed by atoms with Crippen LogP contribution in [0.25, 0.3) is 0 Å². The number of carbonyl (C=O) groups excluding carboxylic acids is 1. The molecule has 1 amide bonds. The zero-order chi connectivity index (χ0) is 11.0. The minimum Gasteiger partial charge on any atom is -0.343 e. The van der Waals surface area contributed by atoms with E-state index in [2.05, 4.69) is 13.8 Å². The molecule has 2 aliphatic carbocycles. The molecule has 2 fully saturated rings. The molecule has 2 unspecified atom stereocenters. The van der Waals surface area contributed by atoms with Gasteiger partial charge in [0.1, 0.15) is 0 Å². The quantitative estimate of drug-likeness (QED) is 0.684. The van der Waals surface area contributed by atoms with Crippen molar-refractivity contribution < 1.29 is 4.79 Å². The smallest absolute Gasteiger partial charge is 0.225 e. The van der Waals surface area contributed by atoms with Crippen LogP contribution < -0.4 is 0 Å². The zero-order valence-electron chi connectivity index (χ0n) is 10.2. The Labute approximate surface area is 93.0 Å². The van der Waals surface area contributed by atoms with Gasteiger partial charge in [-0.3, -0.25) is 4.79 Å². The number of rotatable bonds is 2. The fourth-order valence-corrected chi connectivity index (χ4v) is 2.74. The van der Waals surface area contributed by atoms with Gasteiger partial charge in [-0.05, 0) is 43.9 Å². The molecule has 2 atom stereocenters. The zero-order valence-corrected chi connectivity index (χ0v) is 10.2. The van der Waals surface area contributed by atoms with Crippen LogP contribution in [-0.2, 0) is 4.79 Å². The van der Waals surface area contributed by atoms with E-state index in [-0.39, 0.29) is 0 Å². The van der Waals surface area contributed by atoms with Crippen molar-refractivity contribution in [3.05, 3.63) is 0 Å². The average Bonchev–Trinajstić information content (AvgIpc) is 2.94. The molecule has 2 aliphatic rings. The molecule has 0 bridgehead atoms. The van der Waals surface area contributed by atoms with Crippen LogP contribution in [0.1, 0.15) is 46.0 Å². The van der Waals surface area contributed by atoms with Gasteiger partial charge in [-0.25, -0.2) is 0 Å². The second-order valence-corrected chi connectivity index (χ2v) is 5.68. The molecule has 0 aliphatic heterocycles. The molecule has 15 heavy (non-hydrogen) atoms. The summed E-state index contributed by atoms with van der Waals surface area (Å²) in [6.45, 7) is 4.50. The van der Waals surface area contributed by atoms with E-state index in [1.54, 1.807) is 0 Å². The van der Waals surface area contributed by atoms with Gasteiger partial charge in [0.05, 0.1) is 0 Å². The lowest BCUT2D eigenvalue weighted by atomic mass is 9.86. The fraction of sp³-hybridized carbons (Fsp3) is 0.923. The minimum atomic E-state index is 0.356. The minimum absolute atomic E-state index is 0.356. The van der Waals surface area contributed by atoms with Crippen molar-refractivity contribution in [1.29, 1.82) is 0 Å². The van der Waals surface area contributed by atoms with Gasteiger partial charge in [0.2, 0.25) is 5.91 Å². The third-order valence-electron chi connectivity index (χ3n) is 4.31. The Bertz CT molecular complexity index is 243. The van der Waals surface area contributed by atoms with Crippen molar-refractivity contribution in [2.24, 2.45) is 17.8 Å². The molecular formula is C13H23NO. The molecule has 0 N–H and O–H groups in total. The third-order valence-corrected chi connectivity index (χ3v) is 4.31. The summed E-state index contributed by atoms with van der Waals surface area (Å²) >= 11 is 0. The van der Waals surface area contributed by atoms with E-state index in [0.717, 1.165) is 12.3 Å². The number of hydrogen-bond acceptors (Lipinski definition) is 1. The van der Waals surface area contributed by atoms with E-state index in [9.17, 15) is 4.79 Å². The van der Waals surface area contributed by atoms with Crippen molar-refractivity contribution in [2.45, 2.75) is 52.0 Å². The van der Waals surface area contributed by atoms with Crippen molar-refractivity contribution in [3.8, 4) is 0 Å². The Kier molecular flexibility index (Phi) is 3.03. The summed E-state index contributed by atoms with van der Waals surface area (Å²) in [5.41, 5.74) is 0. The second-order valence-electron chi connectivity index (χ2n) is 5.68. The molecule has 0 heterocycles. The highest BCUT2D eigenvalue weighted by Crippen LogP contribution is 2.40. The Hall–Kier alpha value is -0.530. The molecule has 0 aromatic carbocycles. The maximum atomic E-state index is 12.0. The van der Waals surface area contributed by atoms with Crippen LogP contribution >= 0.6 is 0 Å². The highest BCUT2D eigenvalue weighted by atomic mass is 16.2. The first-order valence-corrected chi connectivity index (χ1v) is 6.36. The van der Waals surface area contributed by atoms with Crippen molar-refractivity contribution in [3.63, 3.8) is 0 Å². The predicted molar refractivity (Wildman–Crippen MR) is 61.5 cm³/mol. The molecule has 0 spiro atoms. The van der Waals surface area contributed by atoms with Crippen LogP contribution in [0.4, 0.5) is 0 Å². The van der Waals surface area contributed by atoms with Crippen LogP contribution in [0.5, 0.6) is 0 Å². The van der Waals surface area contributed by atoms with E-state index in [1.807, 2.05) is 11.9 Å². The molecule has 2 nitrogen and oxygen atoms in total. The predicted octanol–water partition coefficient (Wildman–Crippen LogP) is 2.68.